The number of nitrogens with zero attached hydrogens (tertiary/aromatic N) is 9. The Kier molecular flexibility index (Phi) is 4.99. The summed E-state index contributed by atoms with van der Waals surface area (Å²) >= 11 is 0. The Morgan fingerprint density at radius 1 is 0.941 bits per heavy atom. The number of rotatable bonds is 4. The Hall–Kier alpha value is -3.85. The van der Waals surface area contributed by atoms with Gasteiger partial charge in [0.05, 0.1) is 17.4 Å². The third kappa shape index (κ3) is 3.58. The Balaban J connectivity index is 1.52. The van der Waals surface area contributed by atoms with Gasteiger partial charge in [-0.25, -0.2) is 15.0 Å². The number of anilines is 1. The van der Waals surface area contributed by atoms with Crippen molar-refractivity contribution in [1.29, 1.82) is 0 Å². The van der Waals surface area contributed by atoms with Crippen LogP contribution in [-0.4, -0.2) is 72.2 Å². The van der Waals surface area contributed by atoms with E-state index in [1.165, 1.54) is 5.56 Å². The van der Waals surface area contributed by atoms with Crippen LogP contribution in [0.3, 0.4) is 0 Å². The summed E-state index contributed by atoms with van der Waals surface area (Å²) in [4.78, 5) is 19.3. The molecule has 0 saturated carbocycles. The molecule has 9 nitrogen and oxygen atoms in total. The predicted molar refractivity (Wildman–Crippen MR) is 132 cm³/mol. The van der Waals surface area contributed by atoms with Crippen molar-refractivity contribution < 1.29 is 0 Å². The van der Waals surface area contributed by atoms with Crippen LogP contribution in [0.1, 0.15) is 17.1 Å². The fourth-order valence-corrected chi connectivity index (χ4v) is 4.61. The van der Waals surface area contributed by atoms with Crippen LogP contribution in [-0.2, 0) is 6.54 Å². The molecule has 0 N–H and O–H groups in total. The van der Waals surface area contributed by atoms with Gasteiger partial charge in [-0.15, -0.1) is 10.2 Å². The summed E-state index contributed by atoms with van der Waals surface area (Å²) in [6.07, 6.45) is 3.87. The summed E-state index contributed by atoms with van der Waals surface area (Å²) in [6.45, 7) is 8.62. The minimum Gasteiger partial charge on any atom is -0.354 e. The smallest absolute Gasteiger partial charge is 0.182 e. The predicted octanol–water partition coefficient (Wildman–Crippen LogP) is 2.95. The number of hydrogen-bond donors (Lipinski definition) is 0. The number of hydrogen-bond acceptors (Lipinski definition) is 7. The first-order valence-corrected chi connectivity index (χ1v) is 11.6. The van der Waals surface area contributed by atoms with E-state index in [1.54, 1.807) is 0 Å². The van der Waals surface area contributed by atoms with E-state index in [0.717, 1.165) is 71.7 Å². The van der Waals surface area contributed by atoms with Crippen LogP contribution in [0, 0.1) is 13.8 Å². The van der Waals surface area contributed by atoms with Gasteiger partial charge in [0.1, 0.15) is 22.9 Å². The van der Waals surface area contributed by atoms with Gasteiger partial charge >= 0.3 is 0 Å². The molecular weight excluding hydrogens is 426 g/mol. The van der Waals surface area contributed by atoms with E-state index in [2.05, 4.69) is 61.9 Å². The standard InChI is InChI=1S/C25H27N9/c1-17-24-30-29-18(2)33(24)16-21(27-17)25-28-20-14-26-23(32-11-9-31(3)10-12-32)13-22(20)34(25)15-19-7-5-4-6-8-19/h4-8,13-14,16H,9-12,15H2,1-3H3. The number of fused-ring (bicyclic) bond motifs is 2. The average molecular weight is 454 g/mol. The SMILES string of the molecule is Cc1nc(-c2nc3cnc(N4CCN(C)CC4)cc3n2Cc2ccccc2)cn2c(C)nnc12. The normalized spacial score (nSPS) is 15.0. The number of benzene rings is 1. The number of aromatic nitrogens is 7. The monoisotopic (exact) mass is 453 g/mol. The maximum atomic E-state index is 5.00. The fourth-order valence-electron chi connectivity index (χ4n) is 4.61. The maximum absolute atomic E-state index is 5.00. The summed E-state index contributed by atoms with van der Waals surface area (Å²) < 4.78 is 4.23. The lowest BCUT2D eigenvalue weighted by Gasteiger charge is -2.33. The van der Waals surface area contributed by atoms with E-state index >= 15 is 0 Å². The second-order valence-electron chi connectivity index (χ2n) is 8.98. The highest BCUT2D eigenvalue weighted by atomic mass is 15.3. The molecule has 172 valence electrons. The van der Waals surface area contributed by atoms with Gasteiger partial charge in [0.15, 0.2) is 11.5 Å². The zero-order valence-electron chi connectivity index (χ0n) is 19.7. The molecule has 0 radical (unpaired) electrons. The van der Waals surface area contributed by atoms with E-state index in [4.69, 9.17) is 15.0 Å². The molecule has 0 spiro atoms. The zero-order chi connectivity index (χ0) is 23.2. The van der Waals surface area contributed by atoms with E-state index in [9.17, 15) is 0 Å². The molecule has 0 unspecified atom stereocenters. The molecule has 1 aliphatic rings. The van der Waals surface area contributed by atoms with Crippen molar-refractivity contribution in [3.05, 3.63) is 65.9 Å². The van der Waals surface area contributed by atoms with Gasteiger partial charge in [0.2, 0.25) is 0 Å². The van der Waals surface area contributed by atoms with E-state index in [-0.39, 0.29) is 0 Å². The van der Waals surface area contributed by atoms with E-state index < -0.39 is 0 Å². The number of imidazole rings is 1. The number of aryl methyl sites for hydroxylation is 2. The molecule has 5 aromatic rings. The summed E-state index contributed by atoms with van der Waals surface area (Å²) in [5, 5.41) is 8.48. The molecule has 1 saturated heterocycles. The highest BCUT2D eigenvalue weighted by Crippen LogP contribution is 2.28. The van der Waals surface area contributed by atoms with Gasteiger partial charge in [-0.3, -0.25) is 4.40 Å². The Bertz CT molecular complexity index is 1480. The van der Waals surface area contributed by atoms with Crippen LogP contribution < -0.4 is 4.90 Å². The third-order valence-electron chi connectivity index (χ3n) is 6.59. The maximum Gasteiger partial charge on any atom is 0.182 e. The molecular formula is C25H27N9. The van der Waals surface area contributed by atoms with Crippen LogP contribution in [0.15, 0.2) is 48.8 Å². The molecule has 5 heterocycles. The summed E-state index contributed by atoms with van der Waals surface area (Å²) in [7, 11) is 2.17. The van der Waals surface area contributed by atoms with Crippen LogP contribution in [0.5, 0.6) is 0 Å². The Morgan fingerprint density at radius 2 is 1.74 bits per heavy atom. The second kappa shape index (κ2) is 8.18. The lowest BCUT2D eigenvalue weighted by atomic mass is 10.2. The molecule has 1 aromatic carbocycles. The molecule has 1 fully saturated rings. The topological polar surface area (TPSA) is 80.3 Å². The highest BCUT2D eigenvalue weighted by Gasteiger charge is 2.20. The fraction of sp³-hybridized carbons (Fsp3) is 0.320. The van der Waals surface area contributed by atoms with Crippen molar-refractivity contribution in [2.45, 2.75) is 20.4 Å². The van der Waals surface area contributed by atoms with Crippen molar-refractivity contribution in [3.8, 4) is 11.5 Å². The van der Waals surface area contributed by atoms with Gasteiger partial charge < -0.3 is 14.4 Å². The minimum atomic E-state index is 0.693. The van der Waals surface area contributed by atoms with Crippen LogP contribution in [0.4, 0.5) is 5.82 Å². The number of pyridine rings is 1. The minimum absolute atomic E-state index is 0.693. The zero-order valence-corrected chi connectivity index (χ0v) is 19.7. The Labute approximate surface area is 197 Å². The first-order valence-electron chi connectivity index (χ1n) is 11.6. The third-order valence-corrected chi connectivity index (χ3v) is 6.59. The molecule has 6 rings (SSSR count). The molecule has 0 aliphatic carbocycles. The lowest BCUT2D eigenvalue weighted by molar-refractivity contribution is 0.312. The molecule has 4 aromatic heterocycles. The first kappa shape index (κ1) is 20.7. The number of piperazine rings is 1. The van der Waals surface area contributed by atoms with Crippen molar-refractivity contribution in [2.24, 2.45) is 0 Å². The van der Waals surface area contributed by atoms with Gasteiger partial charge in [0, 0.05) is 45.0 Å². The molecule has 1 aliphatic heterocycles. The molecule has 0 atom stereocenters. The molecule has 0 bridgehead atoms. The van der Waals surface area contributed by atoms with Crippen LogP contribution >= 0.6 is 0 Å². The van der Waals surface area contributed by atoms with Crippen molar-refractivity contribution in [2.75, 3.05) is 38.1 Å². The summed E-state index contributed by atoms with van der Waals surface area (Å²) in [6, 6.07) is 12.6. The Morgan fingerprint density at radius 3 is 2.53 bits per heavy atom. The van der Waals surface area contributed by atoms with Gasteiger partial charge in [0.25, 0.3) is 0 Å². The van der Waals surface area contributed by atoms with E-state index in [1.807, 2.05) is 36.7 Å². The van der Waals surface area contributed by atoms with Gasteiger partial charge in [-0.2, -0.15) is 0 Å². The van der Waals surface area contributed by atoms with Crippen molar-refractivity contribution >= 4 is 22.5 Å². The highest BCUT2D eigenvalue weighted by molar-refractivity contribution is 5.82. The second-order valence-corrected chi connectivity index (χ2v) is 8.98. The first-order chi connectivity index (χ1) is 16.6. The molecule has 0 amide bonds. The van der Waals surface area contributed by atoms with Crippen LogP contribution in [0.25, 0.3) is 28.2 Å². The summed E-state index contributed by atoms with van der Waals surface area (Å²) in [5.41, 5.74) is 5.52. The lowest BCUT2D eigenvalue weighted by Crippen LogP contribution is -2.44. The van der Waals surface area contributed by atoms with Crippen molar-refractivity contribution in [1.82, 2.24) is 39.0 Å². The molecule has 34 heavy (non-hydrogen) atoms. The van der Waals surface area contributed by atoms with Gasteiger partial charge in [-0.1, -0.05) is 30.3 Å². The number of likely N-dealkylation sites (N-methyl/N-ethyl adjacent to an activating group) is 1. The largest absolute Gasteiger partial charge is 0.354 e. The average Bonchev–Trinajstić information content (AvgIpc) is 3.41. The van der Waals surface area contributed by atoms with E-state index in [0.29, 0.717) is 6.54 Å². The van der Waals surface area contributed by atoms with Gasteiger partial charge in [-0.05, 0) is 26.5 Å². The van der Waals surface area contributed by atoms with Crippen LogP contribution in [0.2, 0.25) is 0 Å². The quantitative estimate of drug-likeness (QED) is 0.414. The van der Waals surface area contributed by atoms with Crippen molar-refractivity contribution in [3.63, 3.8) is 0 Å². The molecule has 9 heteroatoms. The summed E-state index contributed by atoms with van der Waals surface area (Å²) in [5.74, 6) is 2.64.